The summed E-state index contributed by atoms with van der Waals surface area (Å²) in [5, 5.41) is 3.48. The van der Waals surface area contributed by atoms with Crippen LogP contribution in [0.2, 0.25) is 10.0 Å². The van der Waals surface area contributed by atoms with Gasteiger partial charge in [0.2, 0.25) is 0 Å². The smallest absolute Gasteiger partial charge is 0.259 e. The standard InChI is InChI=1S/C15H14Cl2N2O2/c1-8-3-6-11(16)14(13(8)17)19-15(20)10-5-4-9(18)7-12(10)21-2/h3-7H,18H2,1-2H3,(H,19,20). The summed E-state index contributed by atoms with van der Waals surface area (Å²) in [5.74, 6) is 0.00801. The van der Waals surface area contributed by atoms with Crippen molar-refractivity contribution in [1.82, 2.24) is 0 Å². The van der Waals surface area contributed by atoms with E-state index >= 15 is 0 Å². The van der Waals surface area contributed by atoms with Crippen LogP contribution in [-0.2, 0) is 0 Å². The van der Waals surface area contributed by atoms with Gasteiger partial charge in [-0.2, -0.15) is 0 Å². The molecule has 4 nitrogen and oxygen atoms in total. The average molecular weight is 325 g/mol. The van der Waals surface area contributed by atoms with Crippen LogP contribution in [0, 0.1) is 6.92 Å². The number of ether oxygens (including phenoxy) is 1. The number of nitrogen functional groups attached to an aromatic ring is 1. The normalized spacial score (nSPS) is 10.3. The van der Waals surface area contributed by atoms with Gasteiger partial charge >= 0.3 is 0 Å². The Balaban J connectivity index is 2.37. The number of anilines is 2. The first-order valence-corrected chi connectivity index (χ1v) is 6.89. The van der Waals surface area contributed by atoms with E-state index in [1.807, 2.05) is 6.92 Å². The van der Waals surface area contributed by atoms with Crippen molar-refractivity contribution in [3.63, 3.8) is 0 Å². The maximum absolute atomic E-state index is 12.4. The lowest BCUT2D eigenvalue weighted by molar-refractivity contribution is 0.102. The molecular weight excluding hydrogens is 311 g/mol. The summed E-state index contributed by atoms with van der Waals surface area (Å²) in [7, 11) is 1.47. The third-order valence-electron chi connectivity index (χ3n) is 2.99. The van der Waals surface area contributed by atoms with Crippen LogP contribution < -0.4 is 15.8 Å². The van der Waals surface area contributed by atoms with Crippen LogP contribution in [0.1, 0.15) is 15.9 Å². The van der Waals surface area contributed by atoms with Gasteiger partial charge in [0.05, 0.1) is 28.4 Å². The zero-order valence-electron chi connectivity index (χ0n) is 11.5. The van der Waals surface area contributed by atoms with E-state index < -0.39 is 0 Å². The van der Waals surface area contributed by atoms with Crippen LogP contribution in [0.3, 0.4) is 0 Å². The molecule has 0 aliphatic heterocycles. The number of nitrogens with two attached hydrogens (primary N) is 1. The first-order chi connectivity index (χ1) is 9.93. The molecule has 0 bridgehead atoms. The highest BCUT2D eigenvalue weighted by atomic mass is 35.5. The van der Waals surface area contributed by atoms with Gasteiger partial charge in [-0.3, -0.25) is 4.79 Å². The van der Waals surface area contributed by atoms with Crippen LogP contribution in [0.15, 0.2) is 30.3 Å². The fourth-order valence-electron chi connectivity index (χ4n) is 1.85. The maximum atomic E-state index is 12.4. The molecule has 0 unspecified atom stereocenters. The number of nitrogens with one attached hydrogen (secondary N) is 1. The molecule has 0 heterocycles. The van der Waals surface area contributed by atoms with Gasteiger partial charge in [0.25, 0.3) is 5.91 Å². The highest BCUT2D eigenvalue weighted by Gasteiger charge is 2.16. The Labute approximate surface area is 132 Å². The van der Waals surface area contributed by atoms with E-state index in [2.05, 4.69) is 5.32 Å². The first-order valence-electron chi connectivity index (χ1n) is 6.13. The first kappa shape index (κ1) is 15.5. The SMILES string of the molecule is COc1cc(N)ccc1C(=O)Nc1c(Cl)ccc(C)c1Cl. The van der Waals surface area contributed by atoms with Crippen LogP contribution in [0.5, 0.6) is 5.75 Å². The summed E-state index contributed by atoms with van der Waals surface area (Å²) in [6.07, 6.45) is 0. The molecule has 1 amide bonds. The van der Waals surface area contributed by atoms with E-state index in [9.17, 15) is 4.79 Å². The van der Waals surface area contributed by atoms with Crippen molar-refractivity contribution in [2.45, 2.75) is 6.92 Å². The Morgan fingerprint density at radius 2 is 1.95 bits per heavy atom. The molecule has 2 aromatic rings. The summed E-state index contributed by atoms with van der Waals surface area (Å²) in [5.41, 5.74) is 7.72. The van der Waals surface area contributed by atoms with Crippen LogP contribution in [0.4, 0.5) is 11.4 Å². The third kappa shape index (κ3) is 3.23. The van der Waals surface area contributed by atoms with Crippen LogP contribution in [-0.4, -0.2) is 13.0 Å². The number of rotatable bonds is 3. The van der Waals surface area contributed by atoms with E-state index in [-0.39, 0.29) is 5.91 Å². The zero-order chi connectivity index (χ0) is 15.6. The van der Waals surface area contributed by atoms with Crippen molar-refractivity contribution in [1.29, 1.82) is 0 Å². The van der Waals surface area contributed by atoms with Crippen molar-refractivity contribution >= 4 is 40.5 Å². The second kappa shape index (κ2) is 6.24. The van der Waals surface area contributed by atoms with Gasteiger partial charge in [-0.25, -0.2) is 0 Å². The minimum atomic E-state index is -0.374. The molecule has 0 aromatic heterocycles. The largest absolute Gasteiger partial charge is 0.496 e. The molecule has 0 aliphatic carbocycles. The van der Waals surface area contributed by atoms with Crippen molar-refractivity contribution in [3.8, 4) is 5.75 Å². The van der Waals surface area contributed by atoms with Crippen molar-refractivity contribution in [2.75, 3.05) is 18.2 Å². The average Bonchev–Trinajstić information content (AvgIpc) is 2.47. The van der Waals surface area contributed by atoms with Gasteiger partial charge in [-0.1, -0.05) is 29.3 Å². The molecule has 6 heteroatoms. The minimum absolute atomic E-state index is 0.348. The summed E-state index contributed by atoms with van der Waals surface area (Å²) < 4.78 is 5.16. The summed E-state index contributed by atoms with van der Waals surface area (Å²) in [6, 6.07) is 8.25. The van der Waals surface area contributed by atoms with Crippen molar-refractivity contribution < 1.29 is 9.53 Å². The lowest BCUT2D eigenvalue weighted by Gasteiger charge is -2.13. The maximum Gasteiger partial charge on any atom is 0.259 e. The van der Waals surface area contributed by atoms with Gasteiger partial charge in [0.15, 0.2) is 0 Å². The molecule has 21 heavy (non-hydrogen) atoms. The number of amides is 1. The van der Waals surface area contributed by atoms with Crippen molar-refractivity contribution in [2.24, 2.45) is 0 Å². The quantitative estimate of drug-likeness (QED) is 0.834. The number of hydrogen-bond acceptors (Lipinski definition) is 3. The Morgan fingerprint density at radius 3 is 2.62 bits per heavy atom. The lowest BCUT2D eigenvalue weighted by Crippen LogP contribution is -2.14. The molecule has 0 saturated heterocycles. The lowest BCUT2D eigenvalue weighted by atomic mass is 10.1. The Morgan fingerprint density at radius 1 is 1.24 bits per heavy atom. The summed E-state index contributed by atoms with van der Waals surface area (Å²) in [6.45, 7) is 1.83. The van der Waals surface area contributed by atoms with Gasteiger partial charge < -0.3 is 15.8 Å². The second-order valence-electron chi connectivity index (χ2n) is 4.47. The third-order valence-corrected chi connectivity index (χ3v) is 3.79. The van der Waals surface area contributed by atoms with Gasteiger partial charge in [0, 0.05) is 11.8 Å². The topological polar surface area (TPSA) is 64.3 Å². The van der Waals surface area contributed by atoms with Crippen molar-refractivity contribution in [3.05, 3.63) is 51.5 Å². The predicted octanol–water partition coefficient (Wildman–Crippen LogP) is 4.14. The fraction of sp³-hybridized carbons (Fsp3) is 0.133. The van der Waals surface area contributed by atoms with E-state index in [0.29, 0.717) is 32.7 Å². The molecule has 0 saturated carbocycles. The predicted molar refractivity (Wildman–Crippen MR) is 86.6 cm³/mol. The molecule has 3 N–H and O–H groups in total. The highest BCUT2D eigenvalue weighted by molar-refractivity contribution is 6.40. The van der Waals surface area contributed by atoms with Gasteiger partial charge in [-0.15, -0.1) is 0 Å². The number of methoxy groups -OCH3 is 1. The summed E-state index contributed by atoms with van der Waals surface area (Å²) in [4.78, 5) is 12.4. The number of aryl methyl sites for hydroxylation is 1. The molecule has 2 aromatic carbocycles. The van der Waals surface area contributed by atoms with Crippen LogP contribution >= 0.6 is 23.2 Å². The monoisotopic (exact) mass is 324 g/mol. The Hall–Kier alpha value is -1.91. The Bertz CT molecular complexity index is 702. The van der Waals surface area contributed by atoms with E-state index in [4.69, 9.17) is 33.7 Å². The second-order valence-corrected chi connectivity index (χ2v) is 5.25. The number of hydrogen-bond donors (Lipinski definition) is 2. The zero-order valence-corrected chi connectivity index (χ0v) is 13.0. The molecular formula is C15H14Cl2N2O2. The van der Waals surface area contributed by atoms with Gasteiger partial charge in [0.1, 0.15) is 5.75 Å². The Kier molecular flexibility index (Phi) is 4.60. The highest BCUT2D eigenvalue weighted by Crippen LogP contribution is 2.34. The molecule has 2 rings (SSSR count). The molecule has 110 valence electrons. The number of benzene rings is 2. The van der Waals surface area contributed by atoms with E-state index in [1.54, 1.807) is 30.3 Å². The number of carbonyl (C=O) groups excluding carboxylic acids is 1. The van der Waals surface area contributed by atoms with E-state index in [1.165, 1.54) is 7.11 Å². The van der Waals surface area contributed by atoms with Gasteiger partial charge in [-0.05, 0) is 30.7 Å². The molecule has 0 atom stereocenters. The number of halogens is 2. The summed E-state index contributed by atoms with van der Waals surface area (Å²) >= 11 is 12.3. The fourth-order valence-corrected chi connectivity index (χ4v) is 2.31. The molecule has 0 fully saturated rings. The molecule has 0 aliphatic rings. The number of carbonyl (C=O) groups is 1. The van der Waals surface area contributed by atoms with Crippen LogP contribution in [0.25, 0.3) is 0 Å². The molecule has 0 spiro atoms. The van der Waals surface area contributed by atoms with E-state index in [0.717, 1.165) is 5.56 Å². The minimum Gasteiger partial charge on any atom is -0.496 e. The molecule has 0 radical (unpaired) electrons.